The second-order valence-corrected chi connectivity index (χ2v) is 7.65. The fraction of sp³-hybridized carbons (Fsp3) is 0.632. The molecule has 1 aromatic carbocycles. The van der Waals surface area contributed by atoms with Crippen LogP contribution in [0.2, 0.25) is 0 Å². The largest absolute Gasteiger partial charge is 0.497 e. The molecular formula is C19H25N5O7. The van der Waals surface area contributed by atoms with Crippen LogP contribution in [-0.4, -0.2) is 61.0 Å². The average Bonchev–Trinajstić information content (AvgIpc) is 3.07. The van der Waals surface area contributed by atoms with Crippen LogP contribution in [0.25, 0.3) is 10.4 Å². The Balaban J connectivity index is 1.82. The molecule has 2 aliphatic rings. The van der Waals surface area contributed by atoms with Gasteiger partial charge < -0.3 is 23.7 Å². The van der Waals surface area contributed by atoms with Crippen molar-refractivity contribution in [1.82, 2.24) is 5.01 Å². The molecule has 31 heavy (non-hydrogen) atoms. The van der Waals surface area contributed by atoms with E-state index in [1.54, 1.807) is 33.1 Å². The number of benzene rings is 1. The third-order valence-corrected chi connectivity index (χ3v) is 5.03. The summed E-state index contributed by atoms with van der Waals surface area (Å²) >= 11 is 0. The van der Waals surface area contributed by atoms with Gasteiger partial charge in [-0.15, -0.1) is 4.91 Å². The average molecular weight is 435 g/mol. The molecule has 12 heteroatoms. The van der Waals surface area contributed by atoms with E-state index in [0.717, 1.165) is 10.6 Å². The Kier molecular flexibility index (Phi) is 7.08. The van der Waals surface area contributed by atoms with Gasteiger partial charge in [0.15, 0.2) is 12.1 Å². The quantitative estimate of drug-likeness (QED) is 0.201. The van der Waals surface area contributed by atoms with Crippen LogP contribution < -0.4 is 4.74 Å². The number of rotatable bonds is 8. The number of nitrogens with zero attached hydrogens (tertiary/aromatic N) is 5. The molecule has 0 aromatic heterocycles. The molecule has 1 amide bonds. The predicted molar refractivity (Wildman–Crippen MR) is 106 cm³/mol. The Labute approximate surface area is 178 Å². The lowest BCUT2D eigenvalue weighted by molar-refractivity contribution is -0.246. The van der Waals surface area contributed by atoms with Crippen LogP contribution in [0.3, 0.4) is 0 Å². The predicted octanol–water partition coefficient (Wildman–Crippen LogP) is 2.67. The highest BCUT2D eigenvalue weighted by atomic mass is 16.8. The number of methoxy groups -OCH3 is 1. The summed E-state index contributed by atoms with van der Waals surface area (Å²) in [5.74, 6) is -0.820. The summed E-state index contributed by atoms with van der Waals surface area (Å²) in [7, 11) is 1.58. The zero-order valence-corrected chi connectivity index (χ0v) is 17.7. The molecular weight excluding hydrogens is 410 g/mol. The number of azide groups is 1. The van der Waals surface area contributed by atoms with Gasteiger partial charge in [0.25, 0.3) is 0 Å². The van der Waals surface area contributed by atoms with Crippen LogP contribution in [0.5, 0.6) is 5.75 Å². The minimum Gasteiger partial charge on any atom is -0.497 e. The number of ether oxygens (including phenoxy) is 5. The molecule has 0 N–H and O–H groups in total. The van der Waals surface area contributed by atoms with Crippen LogP contribution >= 0.6 is 0 Å². The van der Waals surface area contributed by atoms with E-state index in [2.05, 4.69) is 15.3 Å². The number of amides is 1. The van der Waals surface area contributed by atoms with Crippen molar-refractivity contribution in [2.75, 3.05) is 13.7 Å². The maximum absolute atomic E-state index is 11.7. The Morgan fingerprint density at radius 1 is 1.26 bits per heavy atom. The summed E-state index contributed by atoms with van der Waals surface area (Å²) in [6, 6.07) is 6.40. The number of fused-ring (bicyclic) bond motifs is 1. The molecule has 0 radical (unpaired) electrons. The summed E-state index contributed by atoms with van der Waals surface area (Å²) in [5, 5.41) is 7.31. The fourth-order valence-electron chi connectivity index (χ4n) is 3.61. The van der Waals surface area contributed by atoms with Crippen molar-refractivity contribution in [1.29, 1.82) is 0 Å². The van der Waals surface area contributed by atoms with Gasteiger partial charge in [-0.3, -0.25) is 4.79 Å². The number of carbonyl (C=O) groups is 1. The topological polar surface area (TPSA) is 145 Å². The van der Waals surface area contributed by atoms with Gasteiger partial charge >= 0.3 is 0 Å². The first-order chi connectivity index (χ1) is 14.8. The molecule has 0 spiro atoms. The monoisotopic (exact) mass is 435 g/mol. The number of nitroso groups, excluding NO2 is 1. The molecule has 1 aromatic rings. The molecule has 2 heterocycles. The van der Waals surface area contributed by atoms with Gasteiger partial charge in [-0.2, -0.15) is 5.01 Å². The van der Waals surface area contributed by atoms with Gasteiger partial charge in [0.05, 0.1) is 25.5 Å². The maximum Gasteiger partial charge on any atom is 0.242 e. The Bertz CT molecular complexity index is 843. The summed E-state index contributed by atoms with van der Waals surface area (Å²) in [5.41, 5.74) is 9.92. The van der Waals surface area contributed by atoms with Crippen molar-refractivity contribution < 1.29 is 28.5 Å². The summed E-state index contributed by atoms with van der Waals surface area (Å²) in [4.78, 5) is 25.7. The molecule has 2 aliphatic heterocycles. The van der Waals surface area contributed by atoms with Crippen molar-refractivity contribution in [3.8, 4) is 5.75 Å². The fourth-order valence-corrected chi connectivity index (χ4v) is 3.61. The van der Waals surface area contributed by atoms with Crippen LogP contribution in [-0.2, 0) is 30.3 Å². The minimum absolute atomic E-state index is 0.156. The van der Waals surface area contributed by atoms with Crippen LogP contribution in [0.15, 0.2) is 34.7 Å². The molecule has 0 unspecified atom stereocenters. The highest BCUT2D eigenvalue weighted by Crippen LogP contribution is 2.39. The van der Waals surface area contributed by atoms with Crippen LogP contribution in [0, 0.1) is 4.91 Å². The van der Waals surface area contributed by atoms with E-state index in [-0.39, 0.29) is 13.2 Å². The smallest absolute Gasteiger partial charge is 0.242 e. The second kappa shape index (κ2) is 9.58. The summed E-state index contributed by atoms with van der Waals surface area (Å²) in [6.45, 7) is 4.64. The van der Waals surface area contributed by atoms with Crippen LogP contribution in [0.4, 0.5) is 0 Å². The van der Waals surface area contributed by atoms with E-state index in [1.807, 2.05) is 12.1 Å². The van der Waals surface area contributed by atoms with E-state index in [0.29, 0.717) is 5.75 Å². The maximum atomic E-state index is 11.7. The summed E-state index contributed by atoms with van der Waals surface area (Å²) < 4.78 is 28.9. The second-order valence-electron chi connectivity index (χ2n) is 7.65. The lowest BCUT2D eigenvalue weighted by Gasteiger charge is -2.40. The van der Waals surface area contributed by atoms with Crippen molar-refractivity contribution in [2.24, 2.45) is 10.4 Å². The molecule has 168 valence electrons. The van der Waals surface area contributed by atoms with E-state index in [4.69, 9.17) is 29.2 Å². The molecule has 2 fully saturated rings. The zero-order chi connectivity index (χ0) is 22.6. The van der Waals surface area contributed by atoms with E-state index >= 15 is 0 Å². The zero-order valence-electron chi connectivity index (χ0n) is 17.7. The minimum atomic E-state index is -0.998. The Hall–Kier alpha value is -2.76. The van der Waals surface area contributed by atoms with Gasteiger partial charge in [-0.1, -0.05) is 17.2 Å². The lowest BCUT2D eigenvalue weighted by atomic mass is 9.97. The van der Waals surface area contributed by atoms with Gasteiger partial charge in [0, 0.05) is 11.8 Å². The highest BCUT2D eigenvalue weighted by Gasteiger charge is 2.55. The number of carbonyl (C=O) groups excluding carboxylic acids is 1. The number of hydrogen-bond donors (Lipinski definition) is 0. The first-order valence-corrected chi connectivity index (χ1v) is 9.69. The van der Waals surface area contributed by atoms with Gasteiger partial charge in [0.1, 0.15) is 30.1 Å². The molecule has 0 saturated carbocycles. The number of hydrogen-bond acceptors (Lipinski definition) is 9. The molecule has 0 aliphatic carbocycles. The van der Waals surface area contributed by atoms with E-state index < -0.39 is 42.3 Å². The van der Waals surface area contributed by atoms with Crippen LogP contribution in [0.1, 0.15) is 26.3 Å². The third-order valence-electron chi connectivity index (χ3n) is 5.03. The molecule has 3 rings (SSSR count). The lowest BCUT2D eigenvalue weighted by Crippen LogP contribution is -2.58. The van der Waals surface area contributed by atoms with Gasteiger partial charge in [0.2, 0.25) is 5.91 Å². The van der Waals surface area contributed by atoms with E-state index in [1.165, 1.54) is 6.92 Å². The normalized spacial score (nSPS) is 28.8. The van der Waals surface area contributed by atoms with Gasteiger partial charge in [-0.05, 0) is 37.1 Å². The first-order valence-electron chi connectivity index (χ1n) is 9.69. The van der Waals surface area contributed by atoms with E-state index in [9.17, 15) is 9.70 Å². The van der Waals surface area contributed by atoms with Crippen molar-refractivity contribution >= 4 is 5.91 Å². The summed E-state index contributed by atoms with van der Waals surface area (Å²) in [6.07, 6.45) is -3.19. The molecule has 12 nitrogen and oxygen atoms in total. The molecule has 2 saturated heterocycles. The van der Waals surface area contributed by atoms with Crippen molar-refractivity contribution in [2.45, 2.75) is 63.8 Å². The first kappa shape index (κ1) is 22.9. The van der Waals surface area contributed by atoms with Gasteiger partial charge in [-0.25, -0.2) is 0 Å². The van der Waals surface area contributed by atoms with Crippen molar-refractivity contribution in [3.63, 3.8) is 0 Å². The SMILES string of the molecule is COc1ccc(CO[C@H]2O[C@H](CN(N=O)C(C)=O)[C@@H]3OC(C)(C)O[C@@H]3[C@H]2N=[N+]=[N-])cc1. The highest BCUT2D eigenvalue weighted by molar-refractivity contribution is 5.72. The molecule has 5 atom stereocenters. The Morgan fingerprint density at radius 2 is 1.94 bits per heavy atom. The standard InChI is InChI=1S/C19H25N5O7/c1-11(25)24(23-26)9-14-16-17(31-19(2,3)30-16)15(21-22-20)18(29-14)28-10-12-5-7-13(27-4)8-6-12/h5-8,14-18H,9-10H2,1-4H3/t14-,15-,16+,17-,18+/m1/s1. The Morgan fingerprint density at radius 3 is 2.52 bits per heavy atom. The van der Waals surface area contributed by atoms with Crippen molar-refractivity contribution in [3.05, 3.63) is 45.2 Å². The third kappa shape index (κ3) is 5.30. The molecule has 0 bridgehead atoms.